The molecule has 3 heteroatoms. The zero-order valence-corrected chi connectivity index (χ0v) is 11.5. The summed E-state index contributed by atoms with van der Waals surface area (Å²) in [6, 6.07) is 16.0. The van der Waals surface area contributed by atoms with Gasteiger partial charge in [-0.3, -0.25) is 4.79 Å². The lowest BCUT2D eigenvalue weighted by molar-refractivity contribution is -0.121. The monoisotopic (exact) mass is 271 g/mol. The maximum atomic E-state index is 12.8. The topological polar surface area (TPSA) is 29.1 Å². The van der Waals surface area contributed by atoms with Gasteiger partial charge >= 0.3 is 0 Å². The first-order valence-electron chi connectivity index (χ1n) is 6.74. The summed E-state index contributed by atoms with van der Waals surface area (Å²) in [4.78, 5) is 11.9. The fraction of sp³-hybridized carbons (Fsp3) is 0.235. The number of carbonyl (C=O) groups is 1. The Bertz CT molecular complexity index is 551. The molecule has 1 N–H and O–H groups in total. The highest BCUT2D eigenvalue weighted by atomic mass is 19.1. The summed E-state index contributed by atoms with van der Waals surface area (Å²) in [5, 5.41) is 2.92. The van der Waals surface area contributed by atoms with Gasteiger partial charge in [0.25, 0.3) is 0 Å². The van der Waals surface area contributed by atoms with Crippen LogP contribution in [0.25, 0.3) is 0 Å². The van der Waals surface area contributed by atoms with Crippen LogP contribution >= 0.6 is 0 Å². The Labute approximate surface area is 118 Å². The number of carbonyl (C=O) groups excluding carboxylic acids is 1. The van der Waals surface area contributed by atoms with Crippen LogP contribution in [0.1, 0.15) is 30.5 Å². The number of benzene rings is 2. The average Bonchev–Trinajstić information content (AvgIpc) is 2.47. The third-order valence-electron chi connectivity index (χ3n) is 3.23. The van der Waals surface area contributed by atoms with Crippen molar-refractivity contribution in [1.29, 1.82) is 0 Å². The predicted octanol–water partition coefficient (Wildman–Crippen LogP) is 3.64. The molecular formula is C17H18FNO. The molecular weight excluding hydrogens is 253 g/mol. The highest BCUT2D eigenvalue weighted by Crippen LogP contribution is 2.13. The molecule has 0 aliphatic rings. The largest absolute Gasteiger partial charge is 0.350 e. The van der Waals surface area contributed by atoms with Crippen LogP contribution in [0.2, 0.25) is 0 Å². The predicted molar refractivity (Wildman–Crippen MR) is 77.7 cm³/mol. The quantitative estimate of drug-likeness (QED) is 0.884. The van der Waals surface area contributed by atoms with E-state index in [0.717, 1.165) is 17.5 Å². The molecule has 1 atom stereocenters. The molecule has 0 fully saturated rings. The molecule has 0 radical (unpaired) electrons. The molecule has 20 heavy (non-hydrogen) atoms. The maximum absolute atomic E-state index is 12.8. The van der Waals surface area contributed by atoms with Gasteiger partial charge in [-0.2, -0.15) is 0 Å². The molecule has 2 nitrogen and oxygen atoms in total. The van der Waals surface area contributed by atoms with Crippen molar-refractivity contribution in [3.63, 3.8) is 0 Å². The Morgan fingerprint density at radius 3 is 2.40 bits per heavy atom. The first-order valence-corrected chi connectivity index (χ1v) is 6.74. The lowest BCUT2D eigenvalue weighted by Crippen LogP contribution is -2.26. The van der Waals surface area contributed by atoms with Crippen LogP contribution in [0, 0.1) is 5.82 Å². The van der Waals surface area contributed by atoms with E-state index in [4.69, 9.17) is 0 Å². The standard InChI is InChI=1S/C17H18FNO/c1-13(15-8-10-16(18)11-9-15)19-17(20)12-7-14-5-3-2-4-6-14/h2-6,8-11,13H,7,12H2,1H3,(H,19,20)/t13-/m0/s1. The molecule has 2 aromatic rings. The minimum atomic E-state index is -0.267. The maximum Gasteiger partial charge on any atom is 0.220 e. The Morgan fingerprint density at radius 2 is 1.75 bits per heavy atom. The first kappa shape index (κ1) is 14.3. The fourth-order valence-corrected chi connectivity index (χ4v) is 2.05. The zero-order valence-electron chi connectivity index (χ0n) is 11.5. The molecule has 0 saturated carbocycles. The van der Waals surface area contributed by atoms with E-state index in [1.165, 1.54) is 12.1 Å². The van der Waals surface area contributed by atoms with Gasteiger partial charge < -0.3 is 5.32 Å². The fourth-order valence-electron chi connectivity index (χ4n) is 2.05. The molecule has 0 spiro atoms. The van der Waals surface area contributed by atoms with Crippen molar-refractivity contribution in [2.45, 2.75) is 25.8 Å². The minimum Gasteiger partial charge on any atom is -0.350 e. The van der Waals surface area contributed by atoms with Gasteiger partial charge in [-0.25, -0.2) is 4.39 Å². The van der Waals surface area contributed by atoms with Crippen molar-refractivity contribution in [1.82, 2.24) is 5.32 Å². The summed E-state index contributed by atoms with van der Waals surface area (Å²) >= 11 is 0. The van der Waals surface area contributed by atoms with Gasteiger partial charge in [0, 0.05) is 6.42 Å². The van der Waals surface area contributed by atoms with Crippen LogP contribution in [0.15, 0.2) is 54.6 Å². The number of hydrogen-bond donors (Lipinski definition) is 1. The Balaban J connectivity index is 1.83. The Kier molecular flexibility index (Phi) is 4.88. The van der Waals surface area contributed by atoms with Crippen LogP contribution in [-0.4, -0.2) is 5.91 Å². The molecule has 0 bridgehead atoms. The van der Waals surface area contributed by atoms with Crippen LogP contribution in [-0.2, 0) is 11.2 Å². The summed E-state index contributed by atoms with van der Waals surface area (Å²) in [5.74, 6) is -0.262. The second-order valence-electron chi connectivity index (χ2n) is 4.83. The van der Waals surface area contributed by atoms with E-state index in [-0.39, 0.29) is 17.8 Å². The molecule has 2 aromatic carbocycles. The van der Waals surface area contributed by atoms with Gasteiger partial charge in [0.05, 0.1) is 6.04 Å². The number of hydrogen-bond acceptors (Lipinski definition) is 1. The smallest absolute Gasteiger partial charge is 0.220 e. The third kappa shape index (κ3) is 4.19. The highest BCUT2D eigenvalue weighted by Gasteiger charge is 2.09. The summed E-state index contributed by atoms with van der Waals surface area (Å²) in [6.07, 6.45) is 1.18. The van der Waals surface area contributed by atoms with E-state index in [9.17, 15) is 9.18 Å². The lowest BCUT2D eigenvalue weighted by atomic mass is 10.1. The van der Waals surface area contributed by atoms with Crippen molar-refractivity contribution in [2.75, 3.05) is 0 Å². The lowest BCUT2D eigenvalue weighted by Gasteiger charge is -2.14. The number of amides is 1. The van der Waals surface area contributed by atoms with Crippen molar-refractivity contribution >= 4 is 5.91 Å². The van der Waals surface area contributed by atoms with Crippen molar-refractivity contribution in [3.05, 3.63) is 71.5 Å². The number of aryl methyl sites for hydroxylation is 1. The number of rotatable bonds is 5. The summed E-state index contributed by atoms with van der Waals surface area (Å²) in [6.45, 7) is 1.90. The normalized spacial score (nSPS) is 11.9. The SMILES string of the molecule is C[C@H](NC(=O)CCc1ccccc1)c1ccc(F)cc1. The van der Waals surface area contributed by atoms with Crippen molar-refractivity contribution < 1.29 is 9.18 Å². The van der Waals surface area contributed by atoms with E-state index in [1.54, 1.807) is 12.1 Å². The van der Waals surface area contributed by atoms with Gasteiger partial charge in [0.2, 0.25) is 5.91 Å². The number of nitrogens with one attached hydrogen (secondary N) is 1. The molecule has 0 aliphatic carbocycles. The molecule has 104 valence electrons. The van der Waals surface area contributed by atoms with Crippen LogP contribution in [0.3, 0.4) is 0 Å². The second kappa shape index (κ2) is 6.85. The van der Waals surface area contributed by atoms with Gasteiger partial charge in [-0.05, 0) is 36.6 Å². The molecule has 0 heterocycles. The zero-order chi connectivity index (χ0) is 14.4. The van der Waals surface area contributed by atoms with Crippen molar-refractivity contribution in [3.8, 4) is 0 Å². The van der Waals surface area contributed by atoms with Crippen LogP contribution < -0.4 is 5.32 Å². The van der Waals surface area contributed by atoms with Crippen LogP contribution in [0.5, 0.6) is 0 Å². The molecule has 0 saturated heterocycles. The Hall–Kier alpha value is -2.16. The molecule has 1 amide bonds. The second-order valence-corrected chi connectivity index (χ2v) is 4.83. The van der Waals surface area contributed by atoms with E-state index in [2.05, 4.69) is 5.32 Å². The molecule has 0 unspecified atom stereocenters. The molecule has 2 rings (SSSR count). The highest BCUT2D eigenvalue weighted by molar-refractivity contribution is 5.76. The summed E-state index contributed by atoms with van der Waals surface area (Å²) in [7, 11) is 0. The minimum absolute atomic E-state index is 0.00526. The van der Waals surface area contributed by atoms with E-state index >= 15 is 0 Å². The average molecular weight is 271 g/mol. The Morgan fingerprint density at radius 1 is 1.10 bits per heavy atom. The van der Waals surface area contributed by atoms with Gasteiger partial charge in [0.1, 0.15) is 5.82 Å². The molecule has 0 aliphatic heterocycles. The van der Waals surface area contributed by atoms with Gasteiger partial charge in [0.15, 0.2) is 0 Å². The number of halogens is 1. The summed E-state index contributed by atoms with van der Waals surface area (Å²) < 4.78 is 12.8. The third-order valence-corrected chi connectivity index (χ3v) is 3.23. The van der Waals surface area contributed by atoms with Crippen LogP contribution in [0.4, 0.5) is 4.39 Å². The van der Waals surface area contributed by atoms with Crippen molar-refractivity contribution in [2.24, 2.45) is 0 Å². The summed E-state index contributed by atoms with van der Waals surface area (Å²) in [5.41, 5.74) is 2.05. The van der Waals surface area contributed by atoms with Gasteiger partial charge in [-0.15, -0.1) is 0 Å². The van der Waals surface area contributed by atoms with Gasteiger partial charge in [-0.1, -0.05) is 42.5 Å². The van der Waals surface area contributed by atoms with E-state index in [1.807, 2.05) is 37.3 Å². The van der Waals surface area contributed by atoms with E-state index in [0.29, 0.717) is 6.42 Å². The first-order chi connectivity index (χ1) is 9.65. The molecule has 0 aromatic heterocycles. The van der Waals surface area contributed by atoms with E-state index < -0.39 is 0 Å².